The summed E-state index contributed by atoms with van der Waals surface area (Å²) in [7, 11) is 0. The third kappa shape index (κ3) is 3.70. The molecule has 0 saturated heterocycles. The molecule has 140 valence electrons. The van der Waals surface area contributed by atoms with Gasteiger partial charge in [0.1, 0.15) is 18.2 Å². The van der Waals surface area contributed by atoms with Crippen molar-refractivity contribution >= 4 is 54.4 Å². The van der Waals surface area contributed by atoms with Crippen molar-refractivity contribution in [2.75, 3.05) is 0 Å². The van der Waals surface area contributed by atoms with E-state index in [4.69, 9.17) is 16.3 Å². The number of halogens is 3. The van der Waals surface area contributed by atoms with Crippen molar-refractivity contribution in [3.8, 4) is 11.6 Å². The van der Waals surface area contributed by atoms with Gasteiger partial charge >= 0.3 is 0 Å². The van der Waals surface area contributed by atoms with Gasteiger partial charge in [-0.25, -0.2) is 14.5 Å². The SMILES string of the molecule is O=c1c2cc(Br)c(Br)cc2nc(COc2ccccc2Cl)n1-c1ccccn1. The first kappa shape index (κ1) is 19.1. The lowest BCUT2D eigenvalue weighted by Gasteiger charge is -2.14. The van der Waals surface area contributed by atoms with Crippen molar-refractivity contribution in [1.29, 1.82) is 0 Å². The Labute approximate surface area is 182 Å². The van der Waals surface area contributed by atoms with Gasteiger partial charge in [0, 0.05) is 15.1 Å². The van der Waals surface area contributed by atoms with Gasteiger partial charge in [-0.3, -0.25) is 4.79 Å². The van der Waals surface area contributed by atoms with Crippen molar-refractivity contribution in [2.24, 2.45) is 0 Å². The summed E-state index contributed by atoms with van der Waals surface area (Å²) in [5.41, 5.74) is 0.333. The monoisotopic (exact) mass is 519 g/mol. The lowest BCUT2D eigenvalue weighted by Crippen LogP contribution is -2.25. The number of nitrogens with zero attached hydrogens (tertiary/aromatic N) is 3. The van der Waals surface area contributed by atoms with Crippen LogP contribution >= 0.6 is 43.5 Å². The Morgan fingerprint density at radius 2 is 1.79 bits per heavy atom. The molecule has 2 aromatic heterocycles. The summed E-state index contributed by atoms with van der Waals surface area (Å²) >= 11 is 13.1. The van der Waals surface area contributed by atoms with E-state index in [-0.39, 0.29) is 12.2 Å². The standard InChI is InChI=1S/C20H12Br2ClN3O2/c21-13-9-12-16(10-14(13)22)25-19(11-28-17-6-2-1-5-15(17)23)26(20(12)27)18-7-3-4-8-24-18/h1-10H,11H2. The quantitative estimate of drug-likeness (QED) is 0.354. The molecule has 0 aliphatic heterocycles. The molecule has 0 N–H and O–H groups in total. The van der Waals surface area contributed by atoms with Crippen molar-refractivity contribution in [2.45, 2.75) is 6.61 Å². The summed E-state index contributed by atoms with van der Waals surface area (Å²) in [6, 6.07) is 16.0. The Bertz CT molecular complexity index is 1230. The second-order valence-corrected chi connectivity index (χ2v) is 7.97. The van der Waals surface area contributed by atoms with Crippen LogP contribution in [0.2, 0.25) is 5.02 Å². The number of hydrogen-bond acceptors (Lipinski definition) is 4. The predicted octanol–water partition coefficient (Wildman–Crippen LogP) is 5.54. The third-order valence-corrected chi connectivity index (χ3v) is 6.21. The van der Waals surface area contributed by atoms with Crippen LogP contribution < -0.4 is 10.3 Å². The zero-order valence-electron chi connectivity index (χ0n) is 14.3. The maximum absolute atomic E-state index is 13.3. The Morgan fingerprint density at radius 1 is 1.04 bits per heavy atom. The lowest BCUT2D eigenvalue weighted by molar-refractivity contribution is 0.292. The molecule has 0 saturated carbocycles. The molecular weight excluding hydrogens is 510 g/mol. The Hall–Kier alpha value is -2.22. The normalized spacial score (nSPS) is 11.0. The van der Waals surface area contributed by atoms with Crippen LogP contribution in [0.4, 0.5) is 0 Å². The number of pyridine rings is 1. The molecule has 0 atom stereocenters. The van der Waals surface area contributed by atoms with Crippen molar-refractivity contribution in [3.05, 3.63) is 90.9 Å². The molecule has 0 bridgehead atoms. The van der Waals surface area contributed by atoms with E-state index in [0.717, 1.165) is 8.95 Å². The highest BCUT2D eigenvalue weighted by molar-refractivity contribution is 9.13. The van der Waals surface area contributed by atoms with Crippen molar-refractivity contribution in [1.82, 2.24) is 14.5 Å². The van der Waals surface area contributed by atoms with Crippen LogP contribution in [-0.2, 0) is 6.61 Å². The number of aromatic nitrogens is 3. The number of hydrogen-bond donors (Lipinski definition) is 0. The molecule has 0 aliphatic rings. The maximum atomic E-state index is 13.3. The first-order valence-electron chi connectivity index (χ1n) is 8.24. The average molecular weight is 522 g/mol. The zero-order chi connectivity index (χ0) is 19.7. The molecule has 0 aliphatic carbocycles. The van der Waals surface area contributed by atoms with Gasteiger partial charge in [0.2, 0.25) is 0 Å². The van der Waals surface area contributed by atoms with Gasteiger partial charge in [0.15, 0.2) is 5.82 Å². The van der Waals surface area contributed by atoms with E-state index in [1.54, 1.807) is 42.6 Å². The maximum Gasteiger partial charge on any atom is 0.267 e. The summed E-state index contributed by atoms with van der Waals surface area (Å²) < 4.78 is 8.87. The van der Waals surface area contributed by atoms with Crippen LogP contribution in [0.15, 0.2) is 74.5 Å². The minimum Gasteiger partial charge on any atom is -0.484 e. The Balaban J connectivity index is 1.89. The van der Waals surface area contributed by atoms with Crippen LogP contribution in [-0.4, -0.2) is 14.5 Å². The highest BCUT2D eigenvalue weighted by atomic mass is 79.9. The summed E-state index contributed by atoms with van der Waals surface area (Å²) in [4.78, 5) is 22.2. The fraction of sp³-hybridized carbons (Fsp3) is 0.0500. The average Bonchev–Trinajstić information content (AvgIpc) is 2.70. The van der Waals surface area contributed by atoms with Gasteiger partial charge in [0.25, 0.3) is 5.56 Å². The minimum atomic E-state index is -0.227. The predicted molar refractivity (Wildman–Crippen MR) is 116 cm³/mol. The van der Waals surface area contributed by atoms with E-state index in [2.05, 4.69) is 41.8 Å². The highest BCUT2D eigenvalue weighted by Crippen LogP contribution is 2.28. The molecule has 0 unspecified atom stereocenters. The molecular formula is C20H12Br2ClN3O2. The number of benzene rings is 2. The van der Waals surface area contributed by atoms with Crippen LogP contribution in [0.5, 0.6) is 5.75 Å². The number of para-hydroxylation sites is 1. The van der Waals surface area contributed by atoms with Gasteiger partial charge in [-0.2, -0.15) is 0 Å². The summed E-state index contributed by atoms with van der Waals surface area (Å²) in [5, 5.41) is 0.962. The van der Waals surface area contributed by atoms with E-state index in [9.17, 15) is 4.79 Å². The van der Waals surface area contributed by atoms with Gasteiger partial charge in [-0.05, 0) is 68.3 Å². The third-order valence-electron chi connectivity index (χ3n) is 4.05. The molecule has 8 heteroatoms. The molecule has 28 heavy (non-hydrogen) atoms. The summed E-state index contributed by atoms with van der Waals surface area (Å²) in [6.45, 7) is 0.0547. The van der Waals surface area contributed by atoms with Crippen LogP contribution in [0.3, 0.4) is 0 Å². The van der Waals surface area contributed by atoms with E-state index < -0.39 is 0 Å². The largest absolute Gasteiger partial charge is 0.484 e. The Kier molecular flexibility index (Phi) is 5.48. The summed E-state index contributed by atoms with van der Waals surface area (Å²) in [6.07, 6.45) is 1.63. The fourth-order valence-corrected chi connectivity index (χ4v) is 3.61. The first-order valence-corrected chi connectivity index (χ1v) is 10.2. The van der Waals surface area contributed by atoms with E-state index >= 15 is 0 Å². The molecule has 0 spiro atoms. The van der Waals surface area contributed by atoms with Crippen molar-refractivity contribution < 1.29 is 4.74 Å². The lowest BCUT2D eigenvalue weighted by atomic mass is 10.2. The zero-order valence-corrected chi connectivity index (χ0v) is 18.2. The van der Waals surface area contributed by atoms with E-state index in [1.807, 2.05) is 18.2 Å². The molecule has 4 rings (SSSR count). The van der Waals surface area contributed by atoms with Gasteiger partial charge in [-0.1, -0.05) is 29.8 Å². The fourth-order valence-electron chi connectivity index (χ4n) is 2.75. The smallest absolute Gasteiger partial charge is 0.267 e. The van der Waals surface area contributed by atoms with E-state index in [0.29, 0.717) is 33.3 Å². The second kappa shape index (κ2) is 8.03. The van der Waals surface area contributed by atoms with E-state index in [1.165, 1.54) is 4.57 Å². The number of ether oxygens (including phenoxy) is 1. The molecule has 4 aromatic rings. The van der Waals surface area contributed by atoms with Gasteiger partial charge in [0.05, 0.1) is 15.9 Å². The van der Waals surface area contributed by atoms with Crippen LogP contribution in [0, 0.1) is 0 Å². The van der Waals surface area contributed by atoms with Crippen LogP contribution in [0.25, 0.3) is 16.7 Å². The molecule has 0 amide bonds. The number of rotatable bonds is 4. The topological polar surface area (TPSA) is 57.0 Å². The molecule has 2 aromatic carbocycles. The van der Waals surface area contributed by atoms with Crippen molar-refractivity contribution in [3.63, 3.8) is 0 Å². The van der Waals surface area contributed by atoms with Crippen LogP contribution in [0.1, 0.15) is 5.82 Å². The molecule has 0 radical (unpaired) electrons. The second-order valence-electron chi connectivity index (χ2n) is 5.86. The molecule has 2 heterocycles. The molecule has 5 nitrogen and oxygen atoms in total. The highest BCUT2D eigenvalue weighted by Gasteiger charge is 2.16. The molecule has 0 fully saturated rings. The summed E-state index contributed by atoms with van der Waals surface area (Å²) in [5.74, 6) is 1.41. The van der Waals surface area contributed by atoms with Gasteiger partial charge < -0.3 is 4.74 Å². The number of fused-ring (bicyclic) bond motifs is 1. The minimum absolute atomic E-state index is 0.0547. The van der Waals surface area contributed by atoms with Gasteiger partial charge in [-0.15, -0.1) is 0 Å². The first-order chi connectivity index (χ1) is 13.5. The Morgan fingerprint density at radius 3 is 2.54 bits per heavy atom.